The predicted octanol–water partition coefficient (Wildman–Crippen LogP) is 6.07. The second-order valence-corrected chi connectivity index (χ2v) is 9.88. The van der Waals surface area contributed by atoms with E-state index in [1.807, 2.05) is 32.3 Å². The topological polar surface area (TPSA) is 73.7 Å². The van der Waals surface area contributed by atoms with Crippen LogP contribution in [0.15, 0.2) is 60.8 Å². The van der Waals surface area contributed by atoms with Gasteiger partial charge in [0.1, 0.15) is 5.75 Å². The summed E-state index contributed by atoms with van der Waals surface area (Å²) in [5, 5.41) is 20.8. The van der Waals surface area contributed by atoms with Crippen LogP contribution in [0.2, 0.25) is 5.02 Å². The number of halogens is 1. The van der Waals surface area contributed by atoms with Crippen LogP contribution in [-0.2, 0) is 13.2 Å². The molecule has 35 heavy (non-hydrogen) atoms. The van der Waals surface area contributed by atoms with Gasteiger partial charge in [-0.15, -0.1) is 0 Å². The largest absolute Gasteiger partial charge is 0.506 e. The van der Waals surface area contributed by atoms with Crippen molar-refractivity contribution in [1.82, 2.24) is 9.88 Å². The summed E-state index contributed by atoms with van der Waals surface area (Å²) in [6.07, 6.45) is 3.56. The maximum absolute atomic E-state index is 13.3. The molecule has 1 aliphatic carbocycles. The molecule has 5 nitrogen and oxygen atoms in total. The Kier molecular flexibility index (Phi) is 6.32. The summed E-state index contributed by atoms with van der Waals surface area (Å²) >= 11 is 6.23. The van der Waals surface area contributed by atoms with Crippen molar-refractivity contribution in [3.8, 4) is 28.0 Å². The lowest BCUT2D eigenvalue weighted by molar-refractivity contribution is 0.0968. The summed E-state index contributed by atoms with van der Waals surface area (Å²) in [7, 11) is 4.08. The molecule has 1 heterocycles. The van der Waals surface area contributed by atoms with Gasteiger partial charge >= 0.3 is 0 Å². The maximum Gasteiger partial charge on any atom is 0.168 e. The van der Waals surface area contributed by atoms with Gasteiger partial charge in [-0.3, -0.25) is 9.78 Å². The summed E-state index contributed by atoms with van der Waals surface area (Å²) in [6.45, 7) is 0.517. The van der Waals surface area contributed by atoms with Gasteiger partial charge in [0.25, 0.3) is 0 Å². The van der Waals surface area contributed by atoms with Gasteiger partial charge in [-0.1, -0.05) is 41.9 Å². The van der Waals surface area contributed by atoms with E-state index in [-0.39, 0.29) is 29.1 Å². The highest BCUT2D eigenvalue weighted by atomic mass is 35.5. The fourth-order valence-corrected chi connectivity index (χ4v) is 4.76. The van der Waals surface area contributed by atoms with Crippen molar-refractivity contribution in [3.05, 3.63) is 82.5 Å². The molecule has 1 aromatic heterocycles. The summed E-state index contributed by atoms with van der Waals surface area (Å²) in [5.41, 5.74) is 6.49. The Morgan fingerprint density at radius 3 is 2.40 bits per heavy atom. The lowest BCUT2D eigenvalue weighted by Crippen LogP contribution is -2.10. The standard InChI is InChI=1S/C29H27ClN2O3/c1-32(2)15-17-3-5-18(6-4-17)27-23-12-20(21-11-22(16-33)29(35)25(30)13-21)9-10-26(23)31-14-24(27)28(34)19-7-8-19/h3-6,9-14,19,33,35H,7-8,15-16H2,1-2H3. The Bertz CT molecular complexity index is 1430. The number of ketones is 1. The molecule has 0 atom stereocenters. The smallest absolute Gasteiger partial charge is 0.168 e. The SMILES string of the molecule is CN(C)Cc1ccc(-c2c(C(=O)C3CC3)cnc3ccc(-c4cc(Cl)c(O)c(CO)c4)cc23)cc1. The molecule has 0 unspecified atom stereocenters. The average molecular weight is 487 g/mol. The van der Waals surface area contributed by atoms with Gasteiger partial charge in [0.05, 0.1) is 17.1 Å². The lowest BCUT2D eigenvalue weighted by atomic mass is 9.91. The third-order valence-electron chi connectivity index (χ3n) is 6.47. The molecule has 1 aliphatic rings. The summed E-state index contributed by atoms with van der Waals surface area (Å²) in [4.78, 5) is 20.0. The molecule has 1 fully saturated rings. The number of aliphatic hydroxyl groups is 1. The molecule has 2 N–H and O–H groups in total. The minimum atomic E-state index is -0.320. The van der Waals surface area contributed by atoms with Crippen LogP contribution in [0.4, 0.5) is 0 Å². The van der Waals surface area contributed by atoms with Crippen LogP contribution in [0.5, 0.6) is 5.75 Å². The minimum absolute atomic E-state index is 0.0761. The van der Waals surface area contributed by atoms with Crippen LogP contribution in [0.25, 0.3) is 33.2 Å². The molecule has 0 radical (unpaired) electrons. The molecule has 3 aromatic carbocycles. The van der Waals surface area contributed by atoms with E-state index in [0.29, 0.717) is 11.1 Å². The zero-order chi connectivity index (χ0) is 24.7. The number of benzene rings is 3. The van der Waals surface area contributed by atoms with Gasteiger partial charge in [0, 0.05) is 40.7 Å². The van der Waals surface area contributed by atoms with E-state index < -0.39 is 0 Å². The maximum atomic E-state index is 13.3. The molecule has 1 saturated carbocycles. The Hall–Kier alpha value is -3.25. The van der Waals surface area contributed by atoms with Gasteiger partial charge in [-0.05, 0) is 73.5 Å². The molecule has 4 aromatic rings. The number of fused-ring (bicyclic) bond motifs is 1. The van der Waals surface area contributed by atoms with Crippen LogP contribution in [0, 0.1) is 5.92 Å². The van der Waals surface area contributed by atoms with E-state index in [1.165, 1.54) is 5.56 Å². The Morgan fingerprint density at radius 2 is 1.74 bits per heavy atom. The third kappa shape index (κ3) is 4.67. The number of aromatic hydroxyl groups is 1. The van der Waals surface area contributed by atoms with Crippen LogP contribution < -0.4 is 0 Å². The van der Waals surface area contributed by atoms with Gasteiger partial charge in [-0.2, -0.15) is 0 Å². The molecule has 5 rings (SSSR count). The number of carbonyl (C=O) groups is 1. The van der Waals surface area contributed by atoms with Gasteiger partial charge in [0.2, 0.25) is 0 Å². The van der Waals surface area contributed by atoms with E-state index in [9.17, 15) is 15.0 Å². The van der Waals surface area contributed by atoms with Crippen molar-refractivity contribution in [2.24, 2.45) is 5.92 Å². The predicted molar refractivity (Wildman–Crippen MR) is 140 cm³/mol. The highest BCUT2D eigenvalue weighted by Gasteiger charge is 2.32. The van der Waals surface area contributed by atoms with Crippen molar-refractivity contribution >= 4 is 28.3 Å². The van der Waals surface area contributed by atoms with Crippen LogP contribution in [-0.4, -0.2) is 40.0 Å². The lowest BCUT2D eigenvalue weighted by Gasteiger charge is -2.15. The number of rotatable bonds is 7. The Balaban J connectivity index is 1.70. The van der Waals surface area contributed by atoms with E-state index in [1.54, 1.807) is 18.3 Å². The fraction of sp³-hybridized carbons (Fsp3) is 0.241. The average Bonchev–Trinajstić information content (AvgIpc) is 3.70. The molecule has 0 spiro atoms. The van der Waals surface area contributed by atoms with E-state index in [4.69, 9.17) is 11.6 Å². The number of carbonyl (C=O) groups excluding carboxylic acids is 1. The number of aliphatic hydroxyl groups excluding tert-OH is 1. The Morgan fingerprint density at radius 1 is 1.03 bits per heavy atom. The van der Waals surface area contributed by atoms with Crippen molar-refractivity contribution < 1.29 is 15.0 Å². The number of nitrogens with zero attached hydrogens (tertiary/aromatic N) is 2. The first-order valence-electron chi connectivity index (χ1n) is 11.7. The fourth-order valence-electron chi connectivity index (χ4n) is 4.52. The quantitative estimate of drug-likeness (QED) is 0.310. The van der Waals surface area contributed by atoms with E-state index in [2.05, 4.69) is 34.1 Å². The second-order valence-electron chi connectivity index (χ2n) is 9.48. The second kappa shape index (κ2) is 9.42. The highest BCUT2D eigenvalue weighted by molar-refractivity contribution is 6.32. The summed E-state index contributed by atoms with van der Waals surface area (Å²) < 4.78 is 0. The first-order valence-corrected chi connectivity index (χ1v) is 12.1. The molecular weight excluding hydrogens is 460 g/mol. The summed E-state index contributed by atoms with van der Waals surface area (Å²) in [6, 6.07) is 17.6. The number of Topliss-reactive ketones (excluding diaryl/α,β-unsaturated/α-hetero) is 1. The zero-order valence-electron chi connectivity index (χ0n) is 19.8. The first-order chi connectivity index (χ1) is 16.9. The number of hydrogen-bond donors (Lipinski definition) is 2. The van der Waals surface area contributed by atoms with Crippen LogP contribution >= 0.6 is 11.6 Å². The molecule has 0 bridgehead atoms. The molecule has 0 aliphatic heterocycles. The number of hydrogen-bond acceptors (Lipinski definition) is 5. The molecule has 0 amide bonds. The van der Waals surface area contributed by atoms with Crippen molar-refractivity contribution in [1.29, 1.82) is 0 Å². The number of aromatic nitrogens is 1. The summed E-state index contributed by atoms with van der Waals surface area (Å²) in [5.74, 6) is 0.107. The van der Waals surface area contributed by atoms with E-state index in [0.717, 1.165) is 52.5 Å². The highest BCUT2D eigenvalue weighted by Crippen LogP contribution is 2.40. The van der Waals surface area contributed by atoms with Gasteiger partial charge < -0.3 is 15.1 Å². The molecule has 0 saturated heterocycles. The first kappa shape index (κ1) is 23.5. The van der Waals surface area contributed by atoms with Crippen LogP contribution in [0.1, 0.15) is 34.3 Å². The molecule has 178 valence electrons. The normalized spacial score (nSPS) is 13.5. The van der Waals surface area contributed by atoms with Crippen molar-refractivity contribution in [2.75, 3.05) is 14.1 Å². The van der Waals surface area contributed by atoms with Crippen molar-refractivity contribution in [3.63, 3.8) is 0 Å². The van der Waals surface area contributed by atoms with Gasteiger partial charge in [-0.25, -0.2) is 0 Å². The number of pyridine rings is 1. The van der Waals surface area contributed by atoms with Crippen LogP contribution in [0.3, 0.4) is 0 Å². The zero-order valence-corrected chi connectivity index (χ0v) is 20.5. The molecular formula is C29H27ClN2O3. The Labute approximate surface area is 209 Å². The monoisotopic (exact) mass is 486 g/mol. The third-order valence-corrected chi connectivity index (χ3v) is 6.76. The minimum Gasteiger partial charge on any atom is -0.506 e. The van der Waals surface area contributed by atoms with E-state index >= 15 is 0 Å². The van der Waals surface area contributed by atoms with Gasteiger partial charge in [0.15, 0.2) is 5.78 Å². The molecule has 6 heteroatoms. The number of phenols is 1. The van der Waals surface area contributed by atoms with Crippen molar-refractivity contribution in [2.45, 2.75) is 26.0 Å².